The minimum absolute atomic E-state index is 0.259. The van der Waals surface area contributed by atoms with Crippen LogP contribution in [0, 0.1) is 6.92 Å². The van der Waals surface area contributed by atoms with Crippen LogP contribution >= 0.6 is 11.8 Å². The number of carbonyl (C=O) groups is 1. The van der Waals surface area contributed by atoms with Crippen LogP contribution in [0.15, 0.2) is 62.7 Å². The Morgan fingerprint density at radius 1 is 1.10 bits per heavy atom. The molecule has 0 amide bonds. The molecule has 0 saturated carbocycles. The van der Waals surface area contributed by atoms with Crippen LogP contribution in [0.1, 0.15) is 40.3 Å². The molecular weight excluding hydrogens is 416 g/mol. The molecule has 9 heteroatoms. The molecule has 0 aliphatic carbocycles. The summed E-state index contributed by atoms with van der Waals surface area (Å²) in [4.78, 5) is 25.9. The molecule has 0 fully saturated rings. The molecule has 0 aliphatic heterocycles. The van der Waals surface area contributed by atoms with Crippen molar-refractivity contribution in [2.75, 3.05) is 6.61 Å². The van der Waals surface area contributed by atoms with E-state index in [4.69, 9.17) is 13.7 Å². The van der Waals surface area contributed by atoms with Gasteiger partial charge in [0.05, 0.1) is 24.3 Å². The Morgan fingerprint density at radius 2 is 1.94 bits per heavy atom. The maximum Gasteiger partial charge on any atom is 0.342 e. The van der Waals surface area contributed by atoms with Crippen molar-refractivity contribution < 1.29 is 18.5 Å². The zero-order chi connectivity index (χ0) is 21.6. The smallest absolute Gasteiger partial charge is 0.342 e. The second-order valence-electron chi connectivity index (χ2n) is 6.57. The standard InChI is InChI=1S/C22H20N4O4S/c1-3-28-22(27)19-14(2)23-20(16-10-7-11-29-16)25-21(19)31-13-18-24-17(26-30-18)12-15-8-5-4-6-9-15/h4-11H,3,12-13H2,1-2H3. The number of rotatable bonds is 8. The van der Waals surface area contributed by atoms with Crippen molar-refractivity contribution in [1.82, 2.24) is 20.1 Å². The fourth-order valence-corrected chi connectivity index (χ4v) is 3.84. The molecule has 0 N–H and O–H groups in total. The van der Waals surface area contributed by atoms with E-state index < -0.39 is 5.97 Å². The number of benzene rings is 1. The van der Waals surface area contributed by atoms with Crippen LogP contribution in [0.2, 0.25) is 0 Å². The van der Waals surface area contributed by atoms with E-state index in [-0.39, 0.29) is 6.61 Å². The van der Waals surface area contributed by atoms with Gasteiger partial charge in [-0.25, -0.2) is 14.8 Å². The second-order valence-corrected chi connectivity index (χ2v) is 7.53. The van der Waals surface area contributed by atoms with Crippen molar-refractivity contribution in [1.29, 1.82) is 0 Å². The number of ether oxygens (including phenoxy) is 1. The molecule has 3 aromatic heterocycles. The molecule has 0 atom stereocenters. The Bertz CT molecular complexity index is 1160. The third-order valence-corrected chi connectivity index (χ3v) is 5.29. The molecule has 0 bridgehead atoms. The van der Waals surface area contributed by atoms with Gasteiger partial charge >= 0.3 is 5.97 Å². The third kappa shape index (κ3) is 5.00. The van der Waals surface area contributed by atoms with E-state index in [0.717, 1.165) is 5.56 Å². The highest BCUT2D eigenvalue weighted by Gasteiger charge is 2.22. The number of carbonyl (C=O) groups excluding carboxylic acids is 1. The number of esters is 1. The molecule has 4 aromatic rings. The Kier molecular flexibility index (Phi) is 6.42. The molecule has 8 nitrogen and oxygen atoms in total. The van der Waals surface area contributed by atoms with Gasteiger partial charge in [0.15, 0.2) is 17.4 Å². The molecule has 3 heterocycles. The fourth-order valence-electron chi connectivity index (χ4n) is 2.93. The molecule has 0 aliphatic rings. The summed E-state index contributed by atoms with van der Waals surface area (Å²) >= 11 is 1.31. The van der Waals surface area contributed by atoms with E-state index in [0.29, 0.717) is 51.8 Å². The number of hydrogen-bond donors (Lipinski definition) is 0. The van der Waals surface area contributed by atoms with Gasteiger partial charge in [-0.3, -0.25) is 0 Å². The predicted octanol–water partition coefficient (Wildman–Crippen LogP) is 4.49. The fraction of sp³-hybridized carbons (Fsp3) is 0.227. The molecule has 158 valence electrons. The number of furan rings is 1. The summed E-state index contributed by atoms with van der Waals surface area (Å²) < 4.78 is 16.0. The molecular formula is C22H20N4O4S. The van der Waals surface area contributed by atoms with E-state index in [2.05, 4.69) is 20.1 Å². The highest BCUT2D eigenvalue weighted by atomic mass is 32.2. The van der Waals surface area contributed by atoms with Crippen LogP contribution in [-0.2, 0) is 16.9 Å². The van der Waals surface area contributed by atoms with Crippen LogP contribution < -0.4 is 0 Å². The van der Waals surface area contributed by atoms with Crippen LogP contribution in [0.25, 0.3) is 11.6 Å². The van der Waals surface area contributed by atoms with Crippen molar-refractivity contribution in [2.45, 2.75) is 31.0 Å². The van der Waals surface area contributed by atoms with Gasteiger partial charge in [-0.1, -0.05) is 47.3 Å². The lowest BCUT2D eigenvalue weighted by Crippen LogP contribution is -2.12. The SMILES string of the molecule is CCOC(=O)c1c(C)nc(-c2ccco2)nc1SCc1nc(Cc2ccccc2)no1. The maximum absolute atomic E-state index is 12.5. The first-order valence-electron chi connectivity index (χ1n) is 9.72. The Labute approximate surface area is 183 Å². The van der Waals surface area contributed by atoms with Gasteiger partial charge in [0.2, 0.25) is 5.89 Å². The predicted molar refractivity (Wildman–Crippen MR) is 114 cm³/mol. The van der Waals surface area contributed by atoms with Crippen molar-refractivity contribution in [3.05, 3.63) is 77.3 Å². The average molecular weight is 436 g/mol. The van der Waals surface area contributed by atoms with Gasteiger partial charge < -0.3 is 13.7 Å². The van der Waals surface area contributed by atoms with E-state index in [1.54, 1.807) is 32.2 Å². The number of aryl methyl sites for hydroxylation is 1. The lowest BCUT2D eigenvalue weighted by molar-refractivity contribution is 0.0519. The summed E-state index contributed by atoms with van der Waals surface area (Å²) in [6.45, 7) is 3.76. The van der Waals surface area contributed by atoms with Gasteiger partial charge in [0, 0.05) is 6.42 Å². The van der Waals surface area contributed by atoms with E-state index >= 15 is 0 Å². The van der Waals surface area contributed by atoms with Crippen LogP contribution in [-0.4, -0.2) is 32.7 Å². The molecule has 0 spiro atoms. The van der Waals surface area contributed by atoms with Crippen molar-refractivity contribution in [3.8, 4) is 11.6 Å². The maximum atomic E-state index is 12.5. The van der Waals surface area contributed by atoms with Gasteiger partial charge in [-0.2, -0.15) is 4.98 Å². The van der Waals surface area contributed by atoms with Gasteiger partial charge in [0.25, 0.3) is 0 Å². The Hall–Kier alpha value is -3.46. The monoisotopic (exact) mass is 436 g/mol. The number of thioether (sulfide) groups is 1. The highest BCUT2D eigenvalue weighted by molar-refractivity contribution is 7.98. The summed E-state index contributed by atoms with van der Waals surface area (Å²) in [6, 6.07) is 13.4. The minimum atomic E-state index is -0.469. The molecule has 31 heavy (non-hydrogen) atoms. The van der Waals surface area contributed by atoms with E-state index in [9.17, 15) is 4.79 Å². The second kappa shape index (κ2) is 9.57. The normalized spacial score (nSPS) is 10.9. The van der Waals surface area contributed by atoms with Crippen molar-refractivity contribution >= 4 is 17.7 Å². The van der Waals surface area contributed by atoms with E-state index in [1.807, 2.05) is 30.3 Å². The van der Waals surface area contributed by atoms with Gasteiger partial charge in [0.1, 0.15) is 10.6 Å². The molecule has 0 unspecified atom stereocenters. The lowest BCUT2D eigenvalue weighted by atomic mass is 10.1. The van der Waals surface area contributed by atoms with Crippen LogP contribution in [0.3, 0.4) is 0 Å². The zero-order valence-electron chi connectivity index (χ0n) is 17.1. The molecule has 0 saturated heterocycles. The largest absolute Gasteiger partial charge is 0.462 e. The molecule has 4 rings (SSSR count). The average Bonchev–Trinajstić information content (AvgIpc) is 3.45. The van der Waals surface area contributed by atoms with Crippen LogP contribution in [0.5, 0.6) is 0 Å². The highest BCUT2D eigenvalue weighted by Crippen LogP contribution is 2.29. The summed E-state index contributed by atoms with van der Waals surface area (Å²) in [5, 5.41) is 4.52. The van der Waals surface area contributed by atoms with Gasteiger partial charge in [-0.05, 0) is 31.5 Å². The third-order valence-electron chi connectivity index (χ3n) is 4.33. The van der Waals surface area contributed by atoms with Crippen molar-refractivity contribution in [3.63, 3.8) is 0 Å². The first kappa shape index (κ1) is 20.8. The van der Waals surface area contributed by atoms with E-state index in [1.165, 1.54) is 11.8 Å². The Balaban J connectivity index is 1.56. The summed E-state index contributed by atoms with van der Waals surface area (Å²) in [5.41, 5.74) is 1.94. The first-order valence-corrected chi connectivity index (χ1v) is 10.7. The molecule has 0 radical (unpaired) electrons. The summed E-state index contributed by atoms with van der Waals surface area (Å²) in [7, 11) is 0. The molecule has 1 aromatic carbocycles. The summed E-state index contributed by atoms with van der Waals surface area (Å²) in [5.74, 6) is 1.84. The Morgan fingerprint density at radius 3 is 2.68 bits per heavy atom. The first-order chi connectivity index (χ1) is 15.1. The summed E-state index contributed by atoms with van der Waals surface area (Å²) in [6.07, 6.45) is 2.13. The van der Waals surface area contributed by atoms with Crippen LogP contribution in [0.4, 0.5) is 0 Å². The number of nitrogens with zero attached hydrogens (tertiary/aromatic N) is 4. The number of aromatic nitrogens is 4. The lowest BCUT2D eigenvalue weighted by Gasteiger charge is -2.11. The zero-order valence-corrected chi connectivity index (χ0v) is 17.9. The van der Waals surface area contributed by atoms with Gasteiger partial charge in [-0.15, -0.1) is 0 Å². The van der Waals surface area contributed by atoms with Crippen molar-refractivity contribution in [2.24, 2.45) is 0 Å². The number of hydrogen-bond acceptors (Lipinski definition) is 9. The minimum Gasteiger partial charge on any atom is -0.462 e. The quantitative estimate of drug-likeness (QED) is 0.224. The topological polar surface area (TPSA) is 104 Å².